The van der Waals surface area contributed by atoms with Crippen LogP contribution in [0.1, 0.15) is 5.56 Å². The van der Waals surface area contributed by atoms with E-state index in [0.29, 0.717) is 53.9 Å². The molecule has 0 aliphatic rings. The Bertz CT molecular complexity index is 1170. The van der Waals surface area contributed by atoms with Crippen molar-refractivity contribution in [1.29, 1.82) is 0 Å². The number of nitrogens with two attached hydrogens (primary N) is 1. The van der Waals surface area contributed by atoms with E-state index in [-0.39, 0.29) is 0 Å². The van der Waals surface area contributed by atoms with Gasteiger partial charge in [0.1, 0.15) is 12.4 Å². The zero-order valence-corrected chi connectivity index (χ0v) is 16.9. The maximum Gasteiger partial charge on any atom is 0.225 e. The minimum absolute atomic E-state index is 0.365. The summed E-state index contributed by atoms with van der Waals surface area (Å²) in [5, 5.41) is 4.73. The second-order valence-corrected chi connectivity index (χ2v) is 6.65. The first kappa shape index (κ1) is 19.7. The van der Waals surface area contributed by atoms with Crippen LogP contribution in [-0.4, -0.2) is 42.4 Å². The number of rotatable bonds is 8. The van der Waals surface area contributed by atoms with Crippen molar-refractivity contribution in [3.63, 3.8) is 0 Å². The van der Waals surface area contributed by atoms with Crippen LogP contribution in [-0.2, 0) is 11.3 Å². The summed E-state index contributed by atoms with van der Waals surface area (Å²) >= 11 is 0. The van der Waals surface area contributed by atoms with Crippen LogP contribution in [0.3, 0.4) is 0 Å². The molecule has 8 heteroatoms. The number of nitrogens with zero attached hydrogens (tertiary/aromatic N) is 3. The molecule has 30 heavy (non-hydrogen) atoms. The molecule has 3 N–H and O–H groups in total. The van der Waals surface area contributed by atoms with E-state index in [4.69, 9.17) is 24.9 Å². The minimum Gasteiger partial charge on any atom is -0.493 e. The van der Waals surface area contributed by atoms with Crippen molar-refractivity contribution in [2.45, 2.75) is 6.54 Å². The Morgan fingerprint density at radius 3 is 2.57 bits per heavy atom. The molecule has 4 aromatic rings. The number of benzene rings is 2. The van der Waals surface area contributed by atoms with Gasteiger partial charge in [-0.05, 0) is 11.6 Å². The van der Waals surface area contributed by atoms with E-state index in [1.54, 1.807) is 20.4 Å². The smallest absolute Gasteiger partial charge is 0.225 e. The van der Waals surface area contributed by atoms with E-state index < -0.39 is 0 Å². The molecule has 154 valence electrons. The van der Waals surface area contributed by atoms with E-state index >= 15 is 0 Å². The molecule has 0 saturated heterocycles. The maximum atomic E-state index is 6.20. The highest BCUT2D eigenvalue weighted by Gasteiger charge is 2.14. The SMILES string of the molecule is COCCOc1cc2ncc3c(N)nc(NCc4ccccc4)nc3c2cc1OC. The summed E-state index contributed by atoms with van der Waals surface area (Å²) in [4.78, 5) is 13.6. The Morgan fingerprint density at radius 1 is 0.967 bits per heavy atom. The van der Waals surface area contributed by atoms with Gasteiger partial charge in [0.2, 0.25) is 5.95 Å². The number of hydrogen-bond acceptors (Lipinski definition) is 8. The lowest BCUT2D eigenvalue weighted by atomic mass is 10.1. The molecule has 0 saturated carbocycles. The van der Waals surface area contributed by atoms with Crippen LogP contribution >= 0.6 is 0 Å². The van der Waals surface area contributed by atoms with Crippen molar-refractivity contribution in [3.05, 3.63) is 54.2 Å². The summed E-state index contributed by atoms with van der Waals surface area (Å²) < 4.78 is 16.3. The fourth-order valence-electron chi connectivity index (χ4n) is 3.16. The first-order valence-corrected chi connectivity index (χ1v) is 9.53. The molecule has 8 nitrogen and oxygen atoms in total. The third kappa shape index (κ3) is 4.04. The summed E-state index contributed by atoms with van der Waals surface area (Å²) in [6, 6.07) is 13.7. The lowest BCUT2D eigenvalue weighted by molar-refractivity contribution is 0.144. The average Bonchev–Trinajstić information content (AvgIpc) is 2.78. The molecule has 0 atom stereocenters. The van der Waals surface area contributed by atoms with E-state index in [9.17, 15) is 0 Å². The van der Waals surface area contributed by atoms with Gasteiger partial charge in [-0.3, -0.25) is 4.98 Å². The monoisotopic (exact) mass is 405 g/mol. The van der Waals surface area contributed by atoms with Gasteiger partial charge in [0.25, 0.3) is 0 Å². The Kier molecular flexibility index (Phi) is 5.76. The summed E-state index contributed by atoms with van der Waals surface area (Å²) in [7, 11) is 3.22. The van der Waals surface area contributed by atoms with Crippen molar-refractivity contribution in [1.82, 2.24) is 15.0 Å². The van der Waals surface area contributed by atoms with Crippen LogP contribution < -0.4 is 20.5 Å². The predicted octanol–water partition coefficient (Wildman–Crippen LogP) is 3.41. The predicted molar refractivity (Wildman–Crippen MR) is 117 cm³/mol. The molecule has 2 aromatic heterocycles. The second kappa shape index (κ2) is 8.79. The zero-order chi connectivity index (χ0) is 20.9. The Morgan fingerprint density at radius 2 is 1.80 bits per heavy atom. The second-order valence-electron chi connectivity index (χ2n) is 6.65. The fraction of sp³-hybridized carbons (Fsp3) is 0.227. The van der Waals surface area contributed by atoms with Crippen LogP contribution in [0.25, 0.3) is 21.8 Å². The molecule has 0 spiro atoms. The topological polar surface area (TPSA) is 104 Å². The van der Waals surface area contributed by atoms with Gasteiger partial charge in [0, 0.05) is 31.3 Å². The number of pyridine rings is 1. The third-order valence-electron chi connectivity index (χ3n) is 4.68. The number of ether oxygens (including phenoxy) is 3. The highest BCUT2D eigenvalue weighted by atomic mass is 16.5. The zero-order valence-electron chi connectivity index (χ0n) is 16.9. The van der Waals surface area contributed by atoms with Crippen LogP contribution in [0.2, 0.25) is 0 Å². The van der Waals surface area contributed by atoms with Crippen LogP contribution in [0.4, 0.5) is 11.8 Å². The number of fused-ring (bicyclic) bond motifs is 3. The quantitative estimate of drug-likeness (QED) is 0.339. The van der Waals surface area contributed by atoms with Gasteiger partial charge >= 0.3 is 0 Å². The van der Waals surface area contributed by atoms with Crippen LogP contribution in [0.5, 0.6) is 11.5 Å². The largest absolute Gasteiger partial charge is 0.493 e. The first-order valence-electron chi connectivity index (χ1n) is 9.53. The highest BCUT2D eigenvalue weighted by Crippen LogP contribution is 2.35. The van der Waals surface area contributed by atoms with Crippen molar-refractivity contribution >= 4 is 33.6 Å². The van der Waals surface area contributed by atoms with Gasteiger partial charge in [-0.25, -0.2) is 4.98 Å². The Balaban J connectivity index is 1.74. The first-order chi connectivity index (χ1) is 14.7. The van der Waals surface area contributed by atoms with Gasteiger partial charge in [-0.2, -0.15) is 4.98 Å². The lowest BCUT2D eigenvalue weighted by Crippen LogP contribution is -2.07. The third-order valence-corrected chi connectivity index (χ3v) is 4.68. The molecule has 0 aliphatic heterocycles. The Hall–Kier alpha value is -3.65. The molecule has 0 amide bonds. The average molecular weight is 405 g/mol. The standard InChI is InChI=1S/C22H23N5O3/c1-28-8-9-30-19-11-17-15(10-18(19)29-2)20-16(13-24-17)21(23)27-22(26-20)25-12-14-6-4-3-5-7-14/h3-7,10-11,13H,8-9,12H2,1-2H3,(H3,23,25,26,27). The minimum atomic E-state index is 0.365. The summed E-state index contributed by atoms with van der Waals surface area (Å²) in [5.74, 6) is 2.00. The summed E-state index contributed by atoms with van der Waals surface area (Å²) in [6.45, 7) is 1.48. The van der Waals surface area contributed by atoms with E-state index in [1.165, 1.54) is 0 Å². The van der Waals surface area contributed by atoms with Crippen molar-refractivity contribution < 1.29 is 14.2 Å². The number of nitrogens with one attached hydrogen (secondary N) is 1. The molecule has 2 aromatic carbocycles. The molecule has 2 heterocycles. The molecule has 0 unspecified atom stereocenters. The molecule has 0 fully saturated rings. The number of aromatic nitrogens is 3. The van der Waals surface area contributed by atoms with E-state index in [1.807, 2.05) is 42.5 Å². The van der Waals surface area contributed by atoms with E-state index in [0.717, 1.165) is 16.5 Å². The van der Waals surface area contributed by atoms with Gasteiger partial charge < -0.3 is 25.3 Å². The highest BCUT2D eigenvalue weighted by molar-refractivity contribution is 6.07. The van der Waals surface area contributed by atoms with Crippen molar-refractivity contribution in [2.75, 3.05) is 38.5 Å². The molecular weight excluding hydrogens is 382 g/mol. The Labute approximate surface area is 174 Å². The number of hydrogen-bond donors (Lipinski definition) is 2. The van der Waals surface area contributed by atoms with Gasteiger partial charge in [0.15, 0.2) is 11.5 Å². The van der Waals surface area contributed by atoms with Crippen LogP contribution in [0, 0.1) is 0 Å². The number of methoxy groups -OCH3 is 2. The normalized spacial score (nSPS) is 11.0. The van der Waals surface area contributed by atoms with Crippen molar-refractivity contribution in [3.8, 4) is 11.5 Å². The number of nitrogen functional groups attached to an aromatic ring is 1. The van der Waals surface area contributed by atoms with Crippen molar-refractivity contribution in [2.24, 2.45) is 0 Å². The van der Waals surface area contributed by atoms with Gasteiger partial charge in [-0.15, -0.1) is 0 Å². The van der Waals surface area contributed by atoms with Gasteiger partial charge in [-0.1, -0.05) is 30.3 Å². The molecular formula is C22H23N5O3. The molecule has 0 bridgehead atoms. The van der Waals surface area contributed by atoms with Crippen LogP contribution in [0.15, 0.2) is 48.7 Å². The number of anilines is 2. The maximum absolute atomic E-state index is 6.20. The van der Waals surface area contributed by atoms with Gasteiger partial charge in [0.05, 0.1) is 30.1 Å². The summed E-state index contributed by atoms with van der Waals surface area (Å²) in [6.07, 6.45) is 1.68. The fourth-order valence-corrected chi connectivity index (χ4v) is 3.16. The molecule has 4 rings (SSSR count). The summed E-state index contributed by atoms with van der Waals surface area (Å²) in [5.41, 5.74) is 8.75. The lowest BCUT2D eigenvalue weighted by Gasteiger charge is -2.13. The van der Waals surface area contributed by atoms with E-state index in [2.05, 4.69) is 15.3 Å². The molecule has 0 aliphatic carbocycles. The molecule has 0 radical (unpaired) electrons.